The first-order valence-electron chi connectivity index (χ1n) is 9.28. The maximum Gasteiger partial charge on any atom is 0.341 e. The molecular weight excluding hydrogens is 440 g/mol. The number of fused-ring (bicyclic) bond motifs is 1. The number of hydrogen-bond acceptors (Lipinski definition) is 8. The highest BCUT2D eigenvalue weighted by Gasteiger charge is 2.36. The van der Waals surface area contributed by atoms with Gasteiger partial charge in [-0.3, -0.25) is 19.3 Å². The van der Waals surface area contributed by atoms with Crippen molar-refractivity contribution < 1.29 is 38.5 Å². The molecule has 0 radical (unpaired) electrons. The molecule has 1 saturated heterocycles. The van der Waals surface area contributed by atoms with Crippen LogP contribution in [0.15, 0.2) is 47.4 Å². The zero-order valence-corrected chi connectivity index (χ0v) is 17.2. The number of imide groups is 1. The van der Waals surface area contributed by atoms with Gasteiger partial charge < -0.3 is 24.6 Å². The molecule has 0 spiro atoms. The Morgan fingerprint density at radius 3 is 2.62 bits per heavy atom. The Balaban J connectivity index is 1.38. The Hall–Kier alpha value is -3.99. The number of thioether (sulfide) groups is 1. The quantitative estimate of drug-likeness (QED) is 0.603. The maximum absolute atomic E-state index is 12.6. The first-order valence-corrected chi connectivity index (χ1v) is 10.1. The lowest BCUT2D eigenvalue weighted by atomic mass is 10.2. The molecule has 2 aliphatic heterocycles. The highest BCUT2D eigenvalue weighted by molar-refractivity contribution is 8.18. The summed E-state index contributed by atoms with van der Waals surface area (Å²) >= 11 is 0.733. The van der Waals surface area contributed by atoms with Crippen LogP contribution in [0.25, 0.3) is 6.08 Å². The third-order valence-electron chi connectivity index (χ3n) is 4.37. The highest BCUT2D eigenvalue weighted by atomic mass is 32.2. The number of anilines is 1. The van der Waals surface area contributed by atoms with Crippen molar-refractivity contribution in [3.05, 3.63) is 52.9 Å². The number of hydrogen-bond donors (Lipinski definition) is 2. The number of rotatable bonds is 7. The Bertz CT molecular complexity index is 1130. The fraction of sp³-hybridized carbons (Fsp3) is 0.143. The Morgan fingerprint density at radius 2 is 1.88 bits per heavy atom. The standard InChI is InChI=1S/C21H16N2O8S/c24-18(22-13-3-6-15-16(8-13)31-11-30-15)9-23-20(27)17(32-21(23)28)7-12-1-4-14(5-2-12)29-10-19(25)26/h1-8H,9-11H2,(H,22,24)(H,25,26). The van der Waals surface area contributed by atoms with Crippen molar-refractivity contribution in [1.29, 1.82) is 0 Å². The molecule has 4 rings (SSSR count). The summed E-state index contributed by atoms with van der Waals surface area (Å²) in [5.74, 6) is -0.778. The fourth-order valence-electron chi connectivity index (χ4n) is 2.91. The van der Waals surface area contributed by atoms with Gasteiger partial charge in [0, 0.05) is 11.8 Å². The number of benzene rings is 2. The van der Waals surface area contributed by atoms with Crippen LogP contribution in [0, 0.1) is 0 Å². The summed E-state index contributed by atoms with van der Waals surface area (Å²) in [7, 11) is 0. The summed E-state index contributed by atoms with van der Waals surface area (Å²) in [6.45, 7) is -0.793. The van der Waals surface area contributed by atoms with E-state index in [2.05, 4.69) is 5.32 Å². The molecule has 2 heterocycles. The van der Waals surface area contributed by atoms with Crippen LogP contribution in [0.3, 0.4) is 0 Å². The van der Waals surface area contributed by atoms with E-state index in [1.807, 2.05) is 0 Å². The number of amides is 3. The molecule has 2 aromatic rings. The number of nitrogens with zero attached hydrogens (tertiary/aromatic N) is 1. The molecule has 10 nitrogen and oxygen atoms in total. The number of ether oxygens (including phenoxy) is 3. The predicted molar refractivity (Wildman–Crippen MR) is 113 cm³/mol. The average molecular weight is 456 g/mol. The predicted octanol–water partition coefficient (Wildman–Crippen LogP) is 2.55. The molecule has 11 heteroatoms. The second kappa shape index (κ2) is 9.02. The van der Waals surface area contributed by atoms with Crippen molar-refractivity contribution in [2.24, 2.45) is 0 Å². The SMILES string of the molecule is O=C(O)COc1ccc(C=C2SC(=O)N(CC(=O)Nc3ccc4c(c3)OCO4)C2=O)cc1. The highest BCUT2D eigenvalue weighted by Crippen LogP contribution is 2.35. The number of nitrogens with one attached hydrogen (secondary N) is 1. The first kappa shape index (κ1) is 21.2. The van der Waals surface area contributed by atoms with Gasteiger partial charge in [0.05, 0.1) is 4.91 Å². The summed E-state index contributed by atoms with van der Waals surface area (Å²) in [5, 5.41) is 10.7. The van der Waals surface area contributed by atoms with Gasteiger partial charge in [0.15, 0.2) is 18.1 Å². The smallest absolute Gasteiger partial charge is 0.341 e. The third-order valence-corrected chi connectivity index (χ3v) is 5.28. The molecule has 0 aliphatic carbocycles. The van der Waals surface area contributed by atoms with E-state index in [9.17, 15) is 19.2 Å². The van der Waals surface area contributed by atoms with Gasteiger partial charge in [0.25, 0.3) is 11.1 Å². The van der Waals surface area contributed by atoms with Crippen molar-refractivity contribution in [3.63, 3.8) is 0 Å². The van der Waals surface area contributed by atoms with Crippen LogP contribution in [-0.4, -0.2) is 53.0 Å². The Morgan fingerprint density at radius 1 is 1.12 bits per heavy atom. The minimum absolute atomic E-state index is 0.105. The average Bonchev–Trinajstić information content (AvgIpc) is 3.33. The van der Waals surface area contributed by atoms with Crippen molar-refractivity contribution in [1.82, 2.24) is 4.90 Å². The van der Waals surface area contributed by atoms with E-state index in [-0.39, 0.29) is 11.7 Å². The second-order valence-electron chi connectivity index (χ2n) is 6.64. The first-order chi connectivity index (χ1) is 15.4. The lowest BCUT2D eigenvalue weighted by molar-refractivity contribution is -0.139. The zero-order valence-electron chi connectivity index (χ0n) is 16.4. The van der Waals surface area contributed by atoms with Gasteiger partial charge in [0.1, 0.15) is 12.3 Å². The van der Waals surface area contributed by atoms with Crippen LogP contribution in [-0.2, 0) is 14.4 Å². The molecule has 0 aromatic heterocycles. The van der Waals surface area contributed by atoms with Crippen LogP contribution < -0.4 is 19.5 Å². The molecule has 0 atom stereocenters. The molecule has 0 unspecified atom stereocenters. The van der Waals surface area contributed by atoms with Gasteiger partial charge in [-0.2, -0.15) is 0 Å². The second-order valence-corrected chi connectivity index (χ2v) is 7.63. The van der Waals surface area contributed by atoms with Gasteiger partial charge in [-0.05, 0) is 47.7 Å². The fourth-order valence-corrected chi connectivity index (χ4v) is 3.75. The molecule has 1 fully saturated rings. The van der Waals surface area contributed by atoms with E-state index in [1.165, 1.54) is 6.08 Å². The van der Waals surface area contributed by atoms with E-state index < -0.39 is 36.2 Å². The number of aliphatic carboxylic acids is 1. The molecule has 32 heavy (non-hydrogen) atoms. The van der Waals surface area contributed by atoms with Crippen LogP contribution >= 0.6 is 11.8 Å². The number of carboxylic acids is 1. The summed E-state index contributed by atoms with van der Waals surface area (Å²) in [6, 6.07) is 11.2. The molecule has 0 bridgehead atoms. The van der Waals surface area contributed by atoms with Crippen molar-refractivity contribution in [2.75, 3.05) is 25.3 Å². The van der Waals surface area contributed by atoms with Crippen molar-refractivity contribution >= 4 is 46.5 Å². The summed E-state index contributed by atoms with van der Waals surface area (Å²) in [4.78, 5) is 48.8. The van der Waals surface area contributed by atoms with Gasteiger partial charge in [-0.15, -0.1) is 0 Å². The topological polar surface area (TPSA) is 131 Å². The molecule has 2 N–H and O–H groups in total. The summed E-state index contributed by atoms with van der Waals surface area (Å²) < 4.78 is 15.5. The Kier molecular flexibility index (Phi) is 5.99. The zero-order chi connectivity index (χ0) is 22.7. The Labute approximate surface area is 185 Å². The molecule has 0 saturated carbocycles. The van der Waals surface area contributed by atoms with E-state index >= 15 is 0 Å². The van der Waals surface area contributed by atoms with Crippen LogP contribution in [0.1, 0.15) is 5.56 Å². The largest absolute Gasteiger partial charge is 0.482 e. The minimum atomic E-state index is -1.09. The molecular formula is C21H16N2O8S. The number of carbonyl (C=O) groups excluding carboxylic acids is 3. The van der Waals surface area contributed by atoms with E-state index in [4.69, 9.17) is 19.3 Å². The van der Waals surface area contributed by atoms with E-state index in [0.29, 0.717) is 28.5 Å². The lowest BCUT2D eigenvalue weighted by Gasteiger charge is -2.12. The van der Waals surface area contributed by atoms with Crippen LogP contribution in [0.5, 0.6) is 17.2 Å². The van der Waals surface area contributed by atoms with Gasteiger partial charge in [-0.1, -0.05) is 12.1 Å². The number of carbonyl (C=O) groups is 4. The molecule has 2 aliphatic rings. The maximum atomic E-state index is 12.6. The monoisotopic (exact) mass is 456 g/mol. The van der Waals surface area contributed by atoms with Crippen LogP contribution in [0.4, 0.5) is 10.5 Å². The van der Waals surface area contributed by atoms with Gasteiger partial charge in [-0.25, -0.2) is 4.79 Å². The molecule has 3 amide bonds. The molecule has 164 valence electrons. The van der Waals surface area contributed by atoms with E-state index in [1.54, 1.807) is 42.5 Å². The lowest BCUT2D eigenvalue weighted by Crippen LogP contribution is -2.36. The normalized spacial score (nSPS) is 15.9. The van der Waals surface area contributed by atoms with E-state index in [0.717, 1.165) is 16.7 Å². The van der Waals surface area contributed by atoms with Crippen LogP contribution in [0.2, 0.25) is 0 Å². The minimum Gasteiger partial charge on any atom is -0.482 e. The third kappa shape index (κ3) is 4.83. The molecule has 2 aromatic carbocycles. The summed E-state index contributed by atoms with van der Waals surface area (Å²) in [5.41, 5.74) is 1.06. The summed E-state index contributed by atoms with van der Waals surface area (Å²) in [6.07, 6.45) is 1.52. The van der Waals surface area contributed by atoms with Gasteiger partial charge >= 0.3 is 5.97 Å². The number of carboxylic acid groups (broad SMARTS) is 1. The van der Waals surface area contributed by atoms with Crippen molar-refractivity contribution in [3.8, 4) is 17.2 Å². The van der Waals surface area contributed by atoms with Gasteiger partial charge in [0.2, 0.25) is 12.7 Å². The van der Waals surface area contributed by atoms with Crippen molar-refractivity contribution in [2.45, 2.75) is 0 Å².